The topological polar surface area (TPSA) is 42.9 Å². The summed E-state index contributed by atoms with van der Waals surface area (Å²) in [4.78, 5) is 18.7. The fourth-order valence-corrected chi connectivity index (χ4v) is 1.53. The van der Waals surface area contributed by atoms with E-state index >= 15 is 0 Å². The summed E-state index contributed by atoms with van der Waals surface area (Å²) in [5.41, 5.74) is 1.89. The van der Waals surface area contributed by atoms with Crippen molar-refractivity contribution >= 4 is 17.9 Å². The molecule has 0 saturated heterocycles. The quantitative estimate of drug-likeness (QED) is 0.728. The molecule has 0 atom stereocenters. The number of nitrogens with zero attached hydrogens (tertiary/aromatic N) is 2. The summed E-state index contributed by atoms with van der Waals surface area (Å²) in [6.07, 6.45) is 5.59. The molecule has 15 heavy (non-hydrogen) atoms. The normalized spacial score (nSPS) is 9.93. The van der Waals surface area contributed by atoms with Crippen molar-refractivity contribution in [2.24, 2.45) is 0 Å². The van der Waals surface area contributed by atoms with Gasteiger partial charge in [0.15, 0.2) is 6.29 Å². The monoisotopic (exact) mass is 218 g/mol. The van der Waals surface area contributed by atoms with Crippen LogP contribution in [0.5, 0.6) is 0 Å². The lowest BCUT2D eigenvalue weighted by Crippen LogP contribution is -1.90. The number of rotatable bonds is 2. The van der Waals surface area contributed by atoms with Crippen molar-refractivity contribution in [2.75, 3.05) is 0 Å². The van der Waals surface area contributed by atoms with Crippen molar-refractivity contribution < 1.29 is 4.79 Å². The highest BCUT2D eigenvalue weighted by Gasteiger charge is 2.08. The average molecular weight is 219 g/mol. The molecule has 0 aliphatic heterocycles. The van der Waals surface area contributed by atoms with Gasteiger partial charge in [-0.25, -0.2) is 0 Å². The van der Waals surface area contributed by atoms with Crippen LogP contribution in [0.4, 0.5) is 0 Å². The molecule has 2 heterocycles. The number of carbonyl (C=O) groups is 1. The lowest BCUT2D eigenvalue weighted by atomic mass is 10.1. The highest BCUT2D eigenvalue weighted by Crippen LogP contribution is 2.26. The van der Waals surface area contributed by atoms with Gasteiger partial charge in [-0.1, -0.05) is 11.6 Å². The smallest absolute Gasteiger partial charge is 0.151 e. The van der Waals surface area contributed by atoms with Crippen LogP contribution in [0.1, 0.15) is 10.4 Å². The molecule has 2 aromatic heterocycles. The van der Waals surface area contributed by atoms with Gasteiger partial charge < -0.3 is 0 Å². The Morgan fingerprint density at radius 3 is 2.53 bits per heavy atom. The highest BCUT2D eigenvalue weighted by molar-refractivity contribution is 6.35. The van der Waals surface area contributed by atoms with E-state index < -0.39 is 0 Å². The van der Waals surface area contributed by atoms with Crippen LogP contribution in [0.15, 0.2) is 36.8 Å². The zero-order valence-electron chi connectivity index (χ0n) is 7.72. The Hall–Kier alpha value is -1.74. The van der Waals surface area contributed by atoms with Crippen LogP contribution in [0.25, 0.3) is 11.3 Å². The average Bonchev–Trinajstić information content (AvgIpc) is 2.30. The van der Waals surface area contributed by atoms with Crippen molar-refractivity contribution in [2.45, 2.75) is 0 Å². The van der Waals surface area contributed by atoms with E-state index in [0.29, 0.717) is 22.6 Å². The minimum absolute atomic E-state index is 0.374. The second kappa shape index (κ2) is 4.19. The van der Waals surface area contributed by atoms with Crippen LogP contribution >= 0.6 is 11.6 Å². The second-order valence-corrected chi connectivity index (χ2v) is 3.29. The van der Waals surface area contributed by atoms with Crippen molar-refractivity contribution in [3.63, 3.8) is 0 Å². The predicted molar refractivity (Wildman–Crippen MR) is 57.9 cm³/mol. The third-order valence-corrected chi connectivity index (χ3v) is 2.40. The fourth-order valence-electron chi connectivity index (χ4n) is 1.26. The summed E-state index contributed by atoms with van der Waals surface area (Å²) in [7, 11) is 0. The van der Waals surface area contributed by atoms with Crippen molar-refractivity contribution in [1.82, 2.24) is 9.97 Å². The maximum atomic E-state index is 10.7. The lowest BCUT2D eigenvalue weighted by Gasteiger charge is -2.03. The van der Waals surface area contributed by atoms with Crippen LogP contribution < -0.4 is 0 Å². The van der Waals surface area contributed by atoms with E-state index in [9.17, 15) is 4.79 Å². The zero-order chi connectivity index (χ0) is 10.7. The minimum atomic E-state index is 0.374. The van der Waals surface area contributed by atoms with Gasteiger partial charge in [0.05, 0.1) is 10.7 Å². The molecule has 0 unspecified atom stereocenters. The van der Waals surface area contributed by atoms with Gasteiger partial charge in [-0.05, 0) is 18.2 Å². The third kappa shape index (κ3) is 1.87. The first-order valence-corrected chi connectivity index (χ1v) is 4.71. The lowest BCUT2D eigenvalue weighted by molar-refractivity contribution is 0.112. The van der Waals surface area contributed by atoms with Gasteiger partial charge in [-0.15, -0.1) is 0 Å². The number of carbonyl (C=O) groups excluding carboxylic acids is 1. The van der Waals surface area contributed by atoms with E-state index in [-0.39, 0.29) is 0 Å². The van der Waals surface area contributed by atoms with Gasteiger partial charge in [0, 0.05) is 29.7 Å². The van der Waals surface area contributed by atoms with Gasteiger partial charge in [0.25, 0.3) is 0 Å². The SMILES string of the molecule is O=Cc1ccnc(-c2ccncc2)c1Cl. The van der Waals surface area contributed by atoms with Crippen LogP contribution in [0, 0.1) is 0 Å². The number of pyridine rings is 2. The summed E-state index contributed by atoms with van der Waals surface area (Å²) < 4.78 is 0. The van der Waals surface area contributed by atoms with Gasteiger partial charge >= 0.3 is 0 Å². The Balaban J connectivity index is 2.59. The Bertz CT molecular complexity index is 485. The number of hydrogen-bond acceptors (Lipinski definition) is 3. The number of halogens is 1. The standard InChI is InChI=1S/C11H7ClN2O/c12-10-9(7-15)3-6-14-11(10)8-1-4-13-5-2-8/h1-7H. The Labute approximate surface area is 91.8 Å². The molecule has 4 heteroatoms. The highest BCUT2D eigenvalue weighted by atomic mass is 35.5. The summed E-state index contributed by atoms with van der Waals surface area (Å²) in [5.74, 6) is 0. The van der Waals surface area contributed by atoms with E-state index in [1.54, 1.807) is 36.8 Å². The van der Waals surface area contributed by atoms with Crippen LogP contribution in [-0.4, -0.2) is 16.3 Å². The first kappa shape index (κ1) is 9.80. The van der Waals surface area contributed by atoms with Crippen LogP contribution in [0.3, 0.4) is 0 Å². The molecule has 0 spiro atoms. The van der Waals surface area contributed by atoms with E-state index in [4.69, 9.17) is 11.6 Å². The predicted octanol–water partition coefficient (Wildman–Crippen LogP) is 2.61. The first-order valence-electron chi connectivity index (χ1n) is 4.33. The Morgan fingerprint density at radius 1 is 1.13 bits per heavy atom. The van der Waals surface area contributed by atoms with Crippen molar-refractivity contribution in [3.8, 4) is 11.3 Å². The molecule has 2 aromatic rings. The molecule has 0 N–H and O–H groups in total. The minimum Gasteiger partial charge on any atom is -0.298 e. The van der Waals surface area contributed by atoms with Gasteiger partial charge in [-0.3, -0.25) is 14.8 Å². The van der Waals surface area contributed by atoms with Crippen LogP contribution in [-0.2, 0) is 0 Å². The summed E-state index contributed by atoms with van der Waals surface area (Å²) in [6, 6.07) is 5.17. The number of aromatic nitrogens is 2. The zero-order valence-corrected chi connectivity index (χ0v) is 8.48. The van der Waals surface area contributed by atoms with E-state index in [1.807, 2.05) is 0 Å². The molecular weight excluding hydrogens is 212 g/mol. The van der Waals surface area contributed by atoms with Gasteiger partial charge in [-0.2, -0.15) is 0 Å². The van der Waals surface area contributed by atoms with E-state index in [1.165, 1.54) is 0 Å². The molecule has 0 fully saturated rings. The molecule has 0 saturated carbocycles. The van der Waals surface area contributed by atoms with Crippen molar-refractivity contribution in [3.05, 3.63) is 47.4 Å². The van der Waals surface area contributed by atoms with E-state index in [2.05, 4.69) is 9.97 Å². The maximum Gasteiger partial charge on any atom is 0.151 e. The Morgan fingerprint density at radius 2 is 1.87 bits per heavy atom. The summed E-state index contributed by atoms with van der Waals surface area (Å²) >= 11 is 6.03. The molecular formula is C11H7ClN2O. The molecule has 2 rings (SSSR count). The molecule has 0 radical (unpaired) electrons. The molecule has 0 amide bonds. The third-order valence-electron chi connectivity index (χ3n) is 2.00. The van der Waals surface area contributed by atoms with Gasteiger partial charge in [0.2, 0.25) is 0 Å². The fraction of sp³-hybridized carbons (Fsp3) is 0. The molecule has 74 valence electrons. The van der Waals surface area contributed by atoms with Crippen molar-refractivity contribution in [1.29, 1.82) is 0 Å². The van der Waals surface area contributed by atoms with Gasteiger partial charge in [0.1, 0.15) is 0 Å². The molecule has 0 bridgehead atoms. The molecule has 3 nitrogen and oxygen atoms in total. The second-order valence-electron chi connectivity index (χ2n) is 2.92. The first-order chi connectivity index (χ1) is 7.33. The maximum absolute atomic E-state index is 10.7. The van der Waals surface area contributed by atoms with Crippen LogP contribution in [0.2, 0.25) is 5.02 Å². The van der Waals surface area contributed by atoms with E-state index in [0.717, 1.165) is 5.56 Å². The molecule has 0 aromatic carbocycles. The number of hydrogen-bond donors (Lipinski definition) is 0. The largest absolute Gasteiger partial charge is 0.298 e. The molecule has 0 aliphatic carbocycles. The number of aldehydes is 1. The molecule has 0 aliphatic rings. The Kier molecular flexibility index (Phi) is 2.74. The summed E-state index contributed by atoms with van der Waals surface area (Å²) in [5, 5.41) is 0.374. The summed E-state index contributed by atoms with van der Waals surface area (Å²) in [6.45, 7) is 0.